The van der Waals surface area contributed by atoms with Crippen LogP contribution in [0.5, 0.6) is 0 Å². The Bertz CT molecular complexity index is 1020. The van der Waals surface area contributed by atoms with Gasteiger partial charge in [-0.3, -0.25) is 14.7 Å². The Hall–Kier alpha value is -2.86. The first-order chi connectivity index (χ1) is 13.5. The zero-order valence-electron chi connectivity index (χ0n) is 15.2. The molecule has 4 rings (SSSR count). The van der Waals surface area contributed by atoms with E-state index in [0.717, 1.165) is 29.8 Å². The number of para-hydroxylation sites is 1. The van der Waals surface area contributed by atoms with Gasteiger partial charge < -0.3 is 5.11 Å². The third-order valence-corrected chi connectivity index (χ3v) is 5.35. The number of aliphatic carboxylic acids is 1. The number of hydrogen-bond donors (Lipinski definition) is 1. The Kier molecular flexibility index (Phi) is 5.05. The van der Waals surface area contributed by atoms with E-state index in [1.807, 2.05) is 30.3 Å². The lowest BCUT2D eigenvalue weighted by atomic mass is 9.91. The fraction of sp³-hybridized carbons (Fsp3) is 0.273. The van der Waals surface area contributed by atoms with E-state index in [-0.39, 0.29) is 5.56 Å². The smallest absolute Gasteiger partial charge is 0.320 e. The number of piperidine rings is 1. The minimum atomic E-state index is -0.930. The number of benzene rings is 2. The molecule has 1 fully saturated rings. The number of hydrogen-bond acceptors (Lipinski definition) is 3. The summed E-state index contributed by atoms with van der Waals surface area (Å²) in [5, 5.41) is 10.6. The average molecular weight is 382 g/mol. The molecule has 28 heavy (non-hydrogen) atoms. The molecule has 4 nitrogen and oxygen atoms in total. The van der Waals surface area contributed by atoms with Gasteiger partial charge in [-0.15, -0.1) is 0 Å². The summed E-state index contributed by atoms with van der Waals surface area (Å²) in [6.07, 6.45) is 3.78. The van der Waals surface area contributed by atoms with Crippen molar-refractivity contribution in [3.63, 3.8) is 0 Å². The molecule has 1 aromatic heterocycles. The molecule has 1 saturated heterocycles. The number of aromatic nitrogens is 1. The number of carbonyl (C=O) groups is 1. The van der Waals surface area contributed by atoms with Crippen LogP contribution in [0.2, 0.25) is 0 Å². The van der Waals surface area contributed by atoms with Crippen molar-refractivity contribution in [2.75, 3.05) is 6.54 Å². The fourth-order valence-electron chi connectivity index (χ4n) is 4.04. The summed E-state index contributed by atoms with van der Waals surface area (Å²) in [6.45, 7) is 0.519. The molecule has 2 atom stereocenters. The Labute approximate surface area is 161 Å². The molecule has 1 aliphatic heterocycles. The van der Waals surface area contributed by atoms with Crippen molar-refractivity contribution < 1.29 is 18.7 Å². The normalized spacial score (nSPS) is 18.9. The maximum absolute atomic E-state index is 14.7. The van der Waals surface area contributed by atoms with Crippen molar-refractivity contribution in [3.05, 3.63) is 77.5 Å². The van der Waals surface area contributed by atoms with Crippen LogP contribution in [0.4, 0.5) is 8.78 Å². The molecule has 1 aliphatic rings. The highest BCUT2D eigenvalue weighted by Gasteiger charge is 2.36. The molecule has 2 unspecified atom stereocenters. The Morgan fingerprint density at radius 1 is 1.14 bits per heavy atom. The van der Waals surface area contributed by atoms with Gasteiger partial charge in [0.05, 0.1) is 11.6 Å². The summed E-state index contributed by atoms with van der Waals surface area (Å²) in [5.74, 6) is -2.28. The molecular formula is C22H20F2N2O2. The molecule has 6 heteroatoms. The van der Waals surface area contributed by atoms with Crippen molar-refractivity contribution >= 4 is 16.9 Å². The van der Waals surface area contributed by atoms with Crippen LogP contribution >= 0.6 is 0 Å². The van der Waals surface area contributed by atoms with Crippen molar-refractivity contribution in [1.29, 1.82) is 0 Å². The van der Waals surface area contributed by atoms with Crippen molar-refractivity contribution in [1.82, 2.24) is 9.88 Å². The van der Waals surface area contributed by atoms with Gasteiger partial charge in [0, 0.05) is 23.2 Å². The number of carboxylic acids is 1. The van der Waals surface area contributed by atoms with Crippen molar-refractivity contribution in [2.45, 2.75) is 31.3 Å². The number of likely N-dealkylation sites (tertiary alicyclic amines) is 1. The highest BCUT2D eigenvalue weighted by molar-refractivity contribution is 5.79. The van der Waals surface area contributed by atoms with Gasteiger partial charge in [0.25, 0.3) is 0 Å². The third kappa shape index (κ3) is 3.47. The van der Waals surface area contributed by atoms with Crippen LogP contribution in [0.25, 0.3) is 10.9 Å². The second-order valence-corrected chi connectivity index (χ2v) is 7.12. The van der Waals surface area contributed by atoms with Crippen LogP contribution in [0, 0.1) is 11.6 Å². The summed E-state index contributed by atoms with van der Waals surface area (Å²) in [7, 11) is 0. The molecule has 0 spiro atoms. The zero-order chi connectivity index (χ0) is 19.7. The van der Waals surface area contributed by atoms with Gasteiger partial charge in [-0.25, -0.2) is 8.78 Å². The molecule has 144 valence electrons. The first-order valence-electron chi connectivity index (χ1n) is 9.33. The highest BCUT2D eigenvalue weighted by atomic mass is 19.1. The van der Waals surface area contributed by atoms with Gasteiger partial charge in [0.2, 0.25) is 0 Å². The number of pyridine rings is 1. The van der Waals surface area contributed by atoms with Gasteiger partial charge in [-0.2, -0.15) is 0 Å². The minimum absolute atomic E-state index is 0.256. The molecular weight excluding hydrogens is 362 g/mol. The van der Waals surface area contributed by atoms with Crippen LogP contribution in [-0.4, -0.2) is 33.5 Å². The Balaban J connectivity index is 1.88. The van der Waals surface area contributed by atoms with E-state index < -0.39 is 29.7 Å². The van der Waals surface area contributed by atoms with E-state index in [1.165, 1.54) is 12.1 Å². The second kappa shape index (κ2) is 7.64. The van der Waals surface area contributed by atoms with E-state index in [0.29, 0.717) is 18.5 Å². The number of carboxylic acid groups (broad SMARTS) is 1. The first kappa shape index (κ1) is 18.5. The van der Waals surface area contributed by atoms with Crippen LogP contribution in [0.1, 0.15) is 36.4 Å². The molecule has 0 aliphatic carbocycles. The average Bonchev–Trinajstić information content (AvgIpc) is 2.70. The van der Waals surface area contributed by atoms with E-state index in [4.69, 9.17) is 0 Å². The fourth-order valence-corrected chi connectivity index (χ4v) is 4.04. The lowest BCUT2D eigenvalue weighted by Crippen LogP contribution is -2.47. The number of fused-ring (bicyclic) bond motifs is 1. The van der Waals surface area contributed by atoms with Crippen LogP contribution in [0.15, 0.2) is 54.7 Å². The lowest BCUT2D eigenvalue weighted by Gasteiger charge is -2.39. The molecule has 0 bridgehead atoms. The predicted molar refractivity (Wildman–Crippen MR) is 102 cm³/mol. The molecule has 2 heterocycles. The standard InChI is InChI=1S/C22H20F2N2O2/c23-16-8-9-17(18(24)12-16)21(26-10-4-3-7-20(26)22(27)28)15-11-14-5-1-2-6-19(14)25-13-15/h1-2,5-6,8-9,11-13,20-21H,3-4,7,10H2,(H,27,28). The quantitative estimate of drug-likeness (QED) is 0.720. The lowest BCUT2D eigenvalue weighted by molar-refractivity contribution is -0.145. The van der Waals surface area contributed by atoms with Crippen LogP contribution < -0.4 is 0 Å². The minimum Gasteiger partial charge on any atom is -0.480 e. The second-order valence-electron chi connectivity index (χ2n) is 7.12. The van der Waals surface area contributed by atoms with Gasteiger partial charge in [0.1, 0.15) is 17.7 Å². The van der Waals surface area contributed by atoms with Crippen molar-refractivity contribution in [2.24, 2.45) is 0 Å². The topological polar surface area (TPSA) is 53.4 Å². The Morgan fingerprint density at radius 3 is 2.75 bits per heavy atom. The summed E-state index contributed by atoms with van der Waals surface area (Å²) >= 11 is 0. The number of rotatable bonds is 4. The summed E-state index contributed by atoms with van der Waals surface area (Å²) in [4.78, 5) is 18.1. The largest absolute Gasteiger partial charge is 0.480 e. The van der Waals surface area contributed by atoms with Gasteiger partial charge in [-0.05, 0) is 43.1 Å². The maximum atomic E-state index is 14.7. The van der Waals surface area contributed by atoms with Crippen LogP contribution in [0.3, 0.4) is 0 Å². The van der Waals surface area contributed by atoms with Gasteiger partial charge in [-0.1, -0.05) is 30.7 Å². The SMILES string of the molecule is O=C(O)C1CCCCN1C(c1cnc2ccccc2c1)c1ccc(F)cc1F. The first-order valence-corrected chi connectivity index (χ1v) is 9.33. The molecule has 0 amide bonds. The van der Waals surface area contributed by atoms with E-state index in [1.54, 1.807) is 11.1 Å². The zero-order valence-corrected chi connectivity index (χ0v) is 15.2. The van der Waals surface area contributed by atoms with E-state index >= 15 is 0 Å². The van der Waals surface area contributed by atoms with Crippen molar-refractivity contribution in [3.8, 4) is 0 Å². The van der Waals surface area contributed by atoms with Gasteiger partial charge >= 0.3 is 5.97 Å². The monoisotopic (exact) mass is 382 g/mol. The molecule has 3 aromatic rings. The summed E-state index contributed by atoms with van der Waals surface area (Å²) < 4.78 is 28.3. The Morgan fingerprint density at radius 2 is 1.96 bits per heavy atom. The van der Waals surface area contributed by atoms with Gasteiger partial charge in [0.15, 0.2) is 0 Å². The maximum Gasteiger partial charge on any atom is 0.320 e. The molecule has 0 saturated carbocycles. The molecule has 0 radical (unpaired) electrons. The van der Waals surface area contributed by atoms with E-state index in [2.05, 4.69) is 4.98 Å². The summed E-state index contributed by atoms with van der Waals surface area (Å²) in [5.41, 5.74) is 1.75. The predicted octanol–water partition coefficient (Wildman–Crippen LogP) is 4.54. The van der Waals surface area contributed by atoms with E-state index in [9.17, 15) is 18.7 Å². The third-order valence-electron chi connectivity index (χ3n) is 5.35. The summed E-state index contributed by atoms with van der Waals surface area (Å²) in [6, 6.07) is 11.5. The number of halogens is 2. The highest BCUT2D eigenvalue weighted by Crippen LogP contribution is 2.36. The molecule has 2 aromatic carbocycles. The van der Waals surface area contributed by atoms with Crippen LogP contribution in [-0.2, 0) is 4.79 Å². The molecule has 1 N–H and O–H groups in total. The number of nitrogens with zero attached hydrogens (tertiary/aromatic N) is 2.